The lowest BCUT2D eigenvalue weighted by atomic mass is 10.2. The summed E-state index contributed by atoms with van der Waals surface area (Å²) < 4.78 is 1.49. The number of carbonyl (C=O) groups excluding carboxylic acids is 1. The molecule has 0 saturated heterocycles. The lowest BCUT2D eigenvalue weighted by Gasteiger charge is -2.18. The van der Waals surface area contributed by atoms with E-state index in [9.17, 15) is 9.59 Å². The van der Waals surface area contributed by atoms with Crippen molar-refractivity contribution in [2.75, 3.05) is 11.9 Å². The Balaban J connectivity index is 1.73. The first-order valence-corrected chi connectivity index (χ1v) is 7.83. The summed E-state index contributed by atoms with van der Waals surface area (Å²) in [5, 5.41) is 0.569. The van der Waals surface area contributed by atoms with Crippen molar-refractivity contribution in [2.45, 2.75) is 19.9 Å². The molecule has 0 bridgehead atoms. The SMILES string of the molecule is Cc1ccc(N(C)C(=O)CCn2cnc3ccccc3c2=O)cc1. The minimum atomic E-state index is -0.119. The lowest BCUT2D eigenvalue weighted by Crippen LogP contribution is -2.29. The predicted octanol–water partition coefficient (Wildman–Crippen LogP) is 2.76. The molecule has 0 aliphatic carbocycles. The maximum absolute atomic E-state index is 12.4. The zero-order valence-corrected chi connectivity index (χ0v) is 13.8. The zero-order valence-electron chi connectivity index (χ0n) is 13.8. The van der Waals surface area contributed by atoms with E-state index in [0.29, 0.717) is 17.4 Å². The molecule has 24 heavy (non-hydrogen) atoms. The number of hydrogen-bond acceptors (Lipinski definition) is 3. The van der Waals surface area contributed by atoms with Gasteiger partial charge in [-0.3, -0.25) is 14.2 Å². The number of carbonyl (C=O) groups is 1. The van der Waals surface area contributed by atoms with Crippen molar-refractivity contribution in [1.82, 2.24) is 9.55 Å². The molecule has 0 unspecified atom stereocenters. The van der Waals surface area contributed by atoms with Gasteiger partial charge >= 0.3 is 0 Å². The van der Waals surface area contributed by atoms with Crippen LogP contribution in [0.25, 0.3) is 10.9 Å². The number of fused-ring (bicyclic) bond motifs is 1. The third-order valence-electron chi connectivity index (χ3n) is 4.09. The number of rotatable bonds is 4. The van der Waals surface area contributed by atoms with E-state index in [1.54, 1.807) is 24.1 Å². The van der Waals surface area contributed by atoms with E-state index >= 15 is 0 Å². The first kappa shape index (κ1) is 15.9. The highest BCUT2D eigenvalue weighted by Crippen LogP contribution is 2.14. The van der Waals surface area contributed by atoms with Crippen molar-refractivity contribution < 1.29 is 4.79 Å². The topological polar surface area (TPSA) is 55.2 Å². The van der Waals surface area contributed by atoms with E-state index in [1.807, 2.05) is 43.3 Å². The maximum atomic E-state index is 12.4. The molecule has 1 amide bonds. The minimum Gasteiger partial charge on any atom is -0.315 e. The molecule has 0 atom stereocenters. The van der Waals surface area contributed by atoms with E-state index in [4.69, 9.17) is 0 Å². The quantitative estimate of drug-likeness (QED) is 0.742. The van der Waals surface area contributed by atoms with Crippen LogP contribution in [-0.4, -0.2) is 22.5 Å². The van der Waals surface area contributed by atoms with E-state index in [-0.39, 0.29) is 17.9 Å². The Morgan fingerprint density at radius 2 is 1.83 bits per heavy atom. The molecule has 5 heteroatoms. The van der Waals surface area contributed by atoms with Crippen molar-refractivity contribution in [2.24, 2.45) is 0 Å². The average molecular weight is 321 g/mol. The van der Waals surface area contributed by atoms with Crippen LogP contribution < -0.4 is 10.5 Å². The maximum Gasteiger partial charge on any atom is 0.261 e. The van der Waals surface area contributed by atoms with Gasteiger partial charge in [0.25, 0.3) is 5.56 Å². The predicted molar refractivity (Wildman–Crippen MR) is 95.2 cm³/mol. The van der Waals surface area contributed by atoms with Crippen molar-refractivity contribution in [1.29, 1.82) is 0 Å². The van der Waals surface area contributed by atoms with Crippen LogP contribution in [0, 0.1) is 6.92 Å². The van der Waals surface area contributed by atoms with Gasteiger partial charge in [0.2, 0.25) is 5.91 Å². The summed E-state index contributed by atoms with van der Waals surface area (Å²) in [4.78, 5) is 30.7. The summed E-state index contributed by atoms with van der Waals surface area (Å²) in [6.07, 6.45) is 1.74. The number of para-hydroxylation sites is 1. The van der Waals surface area contributed by atoms with Crippen LogP contribution in [0.3, 0.4) is 0 Å². The Hall–Kier alpha value is -2.95. The van der Waals surface area contributed by atoms with E-state index < -0.39 is 0 Å². The summed E-state index contributed by atoms with van der Waals surface area (Å²) in [7, 11) is 1.74. The molecule has 3 rings (SSSR count). The molecular weight excluding hydrogens is 302 g/mol. The molecular formula is C19H19N3O2. The Labute approximate surface area is 140 Å². The van der Waals surface area contributed by atoms with Gasteiger partial charge in [-0.05, 0) is 31.2 Å². The second kappa shape index (κ2) is 6.66. The van der Waals surface area contributed by atoms with Gasteiger partial charge < -0.3 is 4.90 Å². The monoisotopic (exact) mass is 321 g/mol. The molecule has 1 heterocycles. The molecule has 2 aromatic carbocycles. The van der Waals surface area contributed by atoms with Crippen molar-refractivity contribution in [3.63, 3.8) is 0 Å². The first-order chi connectivity index (χ1) is 11.6. The molecule has 0 aliphatic rings. The molecule has 3 aromatic rings. The van der Waals surface area contributed by atoms with Crippen LogP contribution in [0.5, 0.6) is 0 Å². The third-order valence-corrected chi connectivity index (χ3v) is 4.09. The summed E-state index contributed by atoms with van der Waals surface area (Å²) in [5.41, 5.74) is 2.54. The van der Waals surface area contributed by atoms with Crippen LogP contribution in [0.1, 0.15) is 12.0 Å². The van der Waals surface area contributed by atoms with Gasteiger partial charge in [0.05, 0.1) is 17.2 Å². The van der Waals surface area contributed by atoms with Crippen molar-refractivity contribution in [3.05, 3.63) is 70.8 Å². The Kier molecular flexibility index (Phi) is 4.42. The fourth-order valence-electron chi connectivity index (χ4n) is 2.56. The summed E-state index contributed by atoms with van der Waals surface area (Å²) >= 11 is 0. The van der Waals surface area contributed by atoms with E-state index in [0.717, 1.165) is 11.3 Å². The van der Waals surface area contributed by atoms with Crippen LogP contribution in [0.4, 0.5) is 5.69 Å². The number of aromatic nitrogens is 2. The number of anilines is 1. The van der Waals surface area contributed by atoms with Gasteiger partial charge in [-0.15, -0.1) is 0 Å². The van der Waals surface area contributed by atoms with Crippen LogP contribution in [0.15, 0.2) is 59.7 Å². The number of amides is 1. The molecule has 0 fully saturated rings. The zero-order chi connectivity index (χ0) is 17.1. The van der Waals surface area contributed by atoms with Gasteiger partial charge in [0.1, 0.15) is 0 Å². The Morgan fingerprint density at radius 1 is 1.12 bits per heavy atom. The van der Waals surface area contributed by atoms with E-state index in [2.05, 4.69) is 4.98 Å². The molecule has 0 radical (unpaired) electrons. The number of aryl methyl sites for hydroxylation is 2. The standard InChI is InChI=1S/C19H19N3O2/c1-14-7-9-15(10-8-14)21(2)18(23)11-12-22-13-20-17-6-4-3-5-16(17)19(22)24/h3-10,13H,11-12H2,1-2H3. The number of hydrogen-bond donors (Lipinski definition) is 0. The van der Waals surface area contributed by atoms with Gasteiger partial charge in [0.15, 0.2) is 0 Å². The highest BCUT2D eigenvalue weighted by atomic mass is 16.2. The summed E-state index contributed by atoms with van der Waals surface area (Å²) in [5.74, 6) is -0.0427. The van der Waals surface area contributed by atoms with Crippen molar-refractivity contribution in [3.8, 4) is 0 Å². The molecule has 5 nitrogen and oxygen atoms in total. The Morgan fingerprint density at radius 3 is 2.58 bits per heavy atom. The summed E-state index contributed by atoms with van der Waals surface area (Å²) in [6, 6.07) is 15.0. The second-order valence-corrected chi connectivity index (χ2v) is 5.80. The van der Waals surface area contributed by atoms with Gasteiger partial charge in [0, 0.05) is 25.7 Å². The van der Waals surface area contributed by atoms with Gasteiger partial charge in [-0.1, -0.05) is 29.8 Å². The van der Waals surface area contributed by atoms with Crippen LogP contribution in [-0.2, 0) is 11.3 Å². The van der Waals surface area contributed by atoms with Crippen LogP contribution in [0.2, 0.25) is 0 Å². The molecule has 0 spiro atoms. The normalized spacial score (nSPS) is 10.8. The highest BCUT2D eigenvalue weighted by molar-refractivity contribution is 5.92. The molecule has 1 aromatic heterocycles. The number of nitrogens with zero attached hydrogens (tertiary/aromatic N) is 3. The largest absolute Gasteiger partial charge is 0.315 e. The third kappa shape index (κ3) is 3.20. The first-order valence-electron chi connectivity index (χ1n) is 7.83. The smallest absolute Gasteiger partial charge is 0.261 e. The Bertz CT molecular complexity index is 929. The molecule has 0 aliphatic heterocycles. The fraction of sp³-hybridized carbons (Fsp3) is 0.211. The van der Waals surface area contributed by atoms with Gasteiger partial charge in [-0.2, -0.15) is 0 Å². The van der Waals surface area contributed by atoms with Crippen molar-refractivity contribution >= 4 is 22.5 Å². The second-order valence-electron chi connectivity index (χ2n) is 5.80. The fourth-order valence-corrected chi connectivity index (χ4v) is 2.56. The summed E-state index contributed by atoms with van der Waals surface area (Å²) in [6.45, 7) is 2.32. The average Bonchev–Trinajstić information content (AvgIpc) is 2.61. The van der Waals surface area contributed by atoms with E-state index in [1.165, 1.54) is 10.9 Å². The number of benzene rings is 2. The molecule has 0 N–H and O–H groups in total. The highest BCUT2D eigenvalue weighted by Gasteiger charge is 2.12. The molecule has 122 valence electrons. The lowest BCUT2D eigenvalue weighted by molar-refractivity contribution is -0.118. The van der Waals surface area contributed by atoms with Gasteiger partial charge in [-0.25, -0.2) is 4.98 Å². The van der Waals surface area contributed by atoms with Crippen LogP contribution >= 0.6 is 0 Å². The molecule has 0 saturated carbocycles. The minimum absolute atomic E-state index is 0.0427.